The normalized spacial score (nSPS) is 24.7. The summed E-state index contributed by atoms with van der Waals surface area (Å²) >= 11 is 6.13. The SMILES string of the molecule is CCC/C=C(/Cl)B1OC(C)(C)C(C)(C)O1. The van der Waals surface area contributed by atoms with Gasteiger partial charge in [-0.15, -0.1) is 0 Å². The summed E-state index contributed by atoms with van der Waals surface area (Å²) in [5.74, 6) is 0. The summed E-state index contributed by atoms with van der Waals surface area (Å²) in [5, 5.41) is 0. The minimum Gasteiger partial charge on any atom is -0.399 e. The van der Waals surface area contributed by atoms with Gasteiger partial charge in [-0.1, -0.05) is 31.0 Å². The van der Waals surface area contributed by atoms with Gasteiger partial charge in [-0.2, -0.15) is 0 Å². The zero-order chi connectivity index (χ0) is 11.7. The van der Waals surface area contributed by atoms with Gasteiger partial charge in [0.1, 0.15) is 0 Å². The Morgan fingerprint density at radius 1 is 1.20 bits per heavy atom. The van der Waals surface area contributed by atoms with E-state index in [1.165, 1.54) is 0 Å². The summed E-state index contributed by atoms with van der Waals surface area (Å²) in [7, 11) is -0.400. The lowest BCUT2D eigenvalue weighted by atomic mass is 9.89. The molecule has 0 N–H and O–H groups in total. The molecule has 1 saturated heterocycles. The summed E-state index contributed by atoms with van der Waals surface area (Å²) in [6.07, 6.45) is 4.02. The molecule has 0 spiro atoms. The van der Waals surface area contributed by atoms with Crippen molar-refractivity contribution in [3.05, 3.63) is 11.0 Å². The first kappa shape index (κ1) is 13.1. The van der Waals surface area contributed by atoms with Crippen molar-refractivity contribution in [1.29, 1.82) is 0 Å². The molecule has 15 heavy (non-hydrogen) atoms. The Morgan fingerprint density at radius 2 is 1.67 bits per heavy atom. The van der Waals surface area contributed by atoms with Crippen LogP contribution < -0.4 is 0 Å². The van der Waals surface area contributed by atoms with Crippen LogP contribution in [0.15, 0.2) is 11.0 Å². The van der Waals surface area contributed by atoms with Gasteiger partial charge in [0.05, 0.1) is 11.2 Å². The van der Waals surface area contributed by atoms with Gasteiger partial charge >= 0.3 is 7.12 Å². The maximum atomic E-state index is 6.13. The van der Waals surface area contributed by atoms with Crippen LogP contribution in [0, 0.1) is 0 Å². The van der Waals surface area contributed by atoms with E-state index in [1.807, 2.05) is 33.8 Å². The van der Waals surface area contributed by atoms with E-state index in [2.05, 4.69) is 6.92 Å². The molecule has 0 unspecified atom stereocenters. The van der Waals surface area contributed by atoms with Gasteiger partial charge in [0.15, 0.2) is 0 Å². The Labute approximate surface area is 98.1 Å². The fourth-order valence-corrected chi connectivity index (χ4v) is 1.53. The minimum atomic E-state index is -0.400. The highest BCUT2D eigenvalue weighted by molar-refractivity contribution is 6.69. The van der Waals surface area contributed by atoms with Crippen LogP contribution in [0.1, 0.15) is 47.5 Å². The first-order chi connectivity index (χ1) is 6.80. The van der Waals surface area contributed by atoms with E-state index in [0.29, 0.717) is 4.93 Å². The van der Waals surface area contributed by atoms with E-state index >= 15 is 0 Å². The van der Waals surface area contributed by atoms with E-state index in [9.17, 15) is 0 Å². The number of allylic oxidation sites excluding steroid dienone is 1. The number of hydrogen-bond donors (Lipinski definition) is 0. The summed E-state index contributed by atoms with van der Waals surface area (Å²) in [5.41, 5.74) is -0.615. The predicted molar refractivity (Wildman–Crippen MR) is 64.9 cm³/mol. The highest BCUT2D eigenvalue weighted by Crippen LogP contribution is 2.39. The molecule has 0 saturated carbocycles. The van der Waals surface area contributed by atoms with Crippen molar-refractivity contribution in [2.75, 3.05) is 0 Å². The average Bonchev–Trinajstić information content (AvgIpc) is 2.32. The Hall–Kier alpha value is 0.0149. The molecule has 0 aromatic heterocycles. The van der Waals surface area contributed by atoms with E-state index < -0.39 is 7.12 Å². The van der Waals surface area contributed by atoms with Gasteiger partial charge in [-0.05, 0) is 34.1 Å². The second kappa shape index (κ2) is 4.48. The van der Waals surface area contributed by atoms with Crippen molar-refractivity contribution in [3.8, 4) is 0 Å². The molecule has 0 aromatic rings. The minimum absolute atomic E-state index is 0.308. The van der Waals surface area contributed by atoms with Crippen molar-refractivity contribution in [2.45, 2.75) is 58.7 Å². The first-order valence-electron chi connectivity index (χ1n) is 5.51. The fourth-order valence-electron chi connectivity index (χ4n) is 1.33. The van der Waals surface area contributed by atoms with E-state index in [4.69, 9.17) is 20.9 Å². The Morgan fingerprint density at radius 3 is 2.07 bits per heavy atom. The molecule has 1 heterocycles. The fraction of sp³-hybridized carbons (Fsp3) is 0.818. The summed E-state index contributed by atoms with van der Waals surface area (Å²) < 4.78 is 11.6. The first-order valence-corrected chi connectivity index (χ1v) is 5.89. The molecular formula is C11H20BClO2. The van der Waals surface area contributed by atoms with Gasteiger partial charge < -0.3 is 9.31 Å². The molecule has 2 nitrogen and oxygen atoms in total. The van der Waals surface area contributed by atoms with Crippen molar-refractivity contribution in [1.82, 2.24) is 0 Å². The Kier molecular flexibility index (Phi) is 3.91. The molecule has 1 aliphatic rings. The topological polar surface area (TPSA) is 18.5 Å². The third-order valence-electron chi connectivity index (χ3n) is 3.11. The molecule has 0 aliphatic carbocycles. The van der Waals surface area contributed by atoms with Crippen LogP contribution in [0.25, 0.3) is 0 Å². The van der Waals surface area contributed by atoms with Crippen LogP contribution in [-0.4, -0.2) is 18.3 Å². The van der Waals surface area contributed by atoms with Crippen LogP contribution in [0.2, 0.25) is 0 Å². The van der Waals surface area contributed by atoms with Gasteiger partial charge in [0.25, 0.3) is 0 Å². The molecule has 0 amide bonds. The zero-order valence-corrected chi connectivity index (χ0v) is 11.0. The van der Waals surface area contributed by atoms with Crippen molar-refractivity contribution < 1.29 is 9.31 Å². The van der Waals surface area contributed by atoms with Gasteiger partial charge in [-0.3, -0.25) is 0 Å². The van der Waals surface area contributed by atoms with Gasteiger partial charge in [-0.25, -0.2) is 0 Å². The number of rotatable bonds is 3. The van der Waals surface area contributed by atoms with E-state index in [-0.39, 0.29) is 11.2 Å². The van der Waals surface area contributed by atoms with Crippen LogP contribution >= 0.6 is 11.6 Å². The number of unbranched alkanes of at least 4 members (excludes halogenated alkanes) is 1. The predicted octanol–water partition coefficient (Wildman–Crippen LogP) is 3.54. The molecule has 86 valence electrons. The summed E-state index contributed by atoms with van der Waals surface area (Å²) in [4.78, 5) is 0.663. The molecule has 1 aliphatic heterocycles. The lowest BCUT2D eigenvalue weighted by molar-refractivity contribution is 0.00578. The summed E-state index contributed by atoms with van der Waals surface area (Å²) in [6, 6.07) is 0. The largest absolute Gasteiger partial charge is 0.506 e. The maximum Gasteiger partial charge on any atom is 0.506 e. The second-order valence-electron chi connectivity index (χ2n) is 4.97. The molecule has 1 rings (SSSR count). The maximum absolute atomic E-state index is 6.13. The molecular weight excluding hydrogens is 210 g/mol. The third-order valence-corrected chi connectivity index (χ3v) is 3.44. The van der Waals surface area contributed by atoms with Crippen LogP contribution in [0.5, 0.6) is 0 Å². The lowest BCUT2D eigenvalue weighted by Crippen LogP contribution is -2.41. The smallest absolute Gasteiger partial charge is 0.399 e. The van der Waals surface area contributed by atoms with Crippen molar-refractivity contribution in [3.63, 3.8) is 0 Å². The standard InChI is InChI=1S/C11H20BClO2/c1-6-7-8-9(13)12-14-10(2,3)11(4,5)15-12/h8H,6-7H2,1-5H3/b9-8+. The van der Waals surface area contributed by atoms with Crippen molar-refractivity contribution in [2.24, 2.45) is 0 Å². The van der Waals surface area contributed by atoms with Crippen LogP contribution in [-0.2, 0) is 9.31 Å². The van der Waals surface area contributed by atoms with Gasteiger partial charge in [0.2, 0.25) is 0 Å². The monoisotopic (exact) mass is 230 g/mol. The third kappa shape index (κ3) is 2.77. The average molecular weight is 231 g/mol. The van der Waals surface area contributed by atoms with E-state index in [1.54, 1.807) is 0 Å². The molecule has 4 heteroatoms. The second-order valence-corrected chi connectivity index (χ2v) is 5.40. The Bertz CT molecular complexity index is 245. The molecule has 0 bridgehead atoms. The highest BCUT2D eigenvalue weighted by atomic mass is 35.5. The molecule has 0 atom stereocenters. The molecule has 0 radical (unpaired) electrons. The van der Waals surface area contributed by atoms with E-state index in [0.717, 1.165) is 12.8 Å². The number of halogens is 1. The lowest BCUT2D eigenvalue weighted by Gasteiger charge is -2.32. The highest BCUT2D eigenvalue weighted by Gasteiger charge is 2.52. The van der Waals surface area contributed by atoms with Crippen molar-refractivity contribution >= 4 is 18.7 Å². The van der Waals surface area contributed by atoms with Crippen LogP contribution in [0.3, 0.4) is 0 Å². The Balaban J connectivity index is 2.70. The van der Waals surface area contributed by atoms with Crippen LogP contribution in [0.4, 0.5) is 0 Å². The molecule has 0 aromatic carbocycles. The quantitative estimate of drug-likeness (QED) is 0.691. The van der Waals surface area contributed by atoms with Gasteiger partial charge in [0, 0.05) is 4.93 Å². The molecule has 1 fully saturated rings. The number of hydrogen-bond acceptors (Lipinski definition) is 2. The zero-order valence-electron chi connectivity index (χ0n) is 10.3. The summed E-state index contributed by atoms with van der Waals surface area (Å²) in [6.45, 7) is 10.2.